The summed E-state index contributed by atoms with van der Waals surface area (Å²) in [4.78, 5) is 44.2. The van der Waals surface area contributed by atoms with Crippen molar-refractivity contribution in [3.63, 3.8) is 0 Å². The SMILES string of the molecule is CN1C(=O)C(NC(=O)C(CCCC(F)(F)F)C(CCC(F)(F)F)C(=O)O)N=C(c2ccccc2)c2ccccc21. The smallest absolute Gasteiger partial charge is 0.389 e. The maximum absolute atomic E-state index is 13.3. The molecular formula is C27H27F6N3O4. The van der Waals surface area contributed by atoms with E-state index in [0.29, 0.717) is 22.5 Å². The highest BCUT2D eigenvalue weighted by Gasteiger charge is 2.40. The zero-order chi connectivity index (χ0) is 29.7. The molecule has 3 rings (SSSR count). The van der Waals surface area contributed by atoms with Crippen LogP contribution in [0.5, 0.6) is 0 Å². The molecule has 7 nitrogen and oxygen atoms in total. The van der Waals surface area contributed by atoms with Crippen LogP contribution in [0.15, 0.2) is 59.6 Å². The van der Waals surface area contributed by atoms with Gasteiger partial charge in [0.1, 0.15) is 0 Å². The Kier molecular flexibility index (Phi) is 9.59. The van der Waals surface area contributed by atoms with Gasteiger partial charge in [0.15, 0.2) is 0 Å². The topological polar surface area (TPSA) is 99.1 Å². The van der Waals surface area contributed by atoms with E-state index < -0.39 is 80.2 Å². The summed E-state index contributed by atoms with van der Waals surface area (Å²) in [6, 6.07) is 15.4. The number of carboxylic acid groups (broad SMARTS) is 1. The second-order valence-corrected chi connectivity index (χ2v) is 9.38. The first kappa shape index (κ1) is 30.6. The highest BCUT2D eigenvalue weighted by Crippen LogP contribution is 2.33. The second kappa shape index (κ2) is 12.5. The van der Waals surface area contributed by atoms with Crippen molar-refractivity contribution < 1.29 is 45.8 Å². The van der Waals surface area contributed by atoms with Crippen molar-refractivity contribution in [2.75, 3.05) is 11.9 Å². The van der Waals surface area contributed by atoms with Gasteiger partial charge in [0.2, 0.25) is 12.1 Å². The van der Waals surface area contributed by atoms with Crippen LogP contribution in [0.3, 0.4) is 0 Å². The molecule has 2 amide bonds. The van der Waals surface area contributed by atoms with Crippen molar-refractivity contribution in [2.45, 2.75) is 50.6 Å². The molecule has 0 aliphatic carbocycles. The fourth-order valence-electron chi connectivity index (χ4n) is 4.54. The molecule has 0 saturated heterocycles. The number of rotatable bonds is 10. The summed E-state index contributed by atoms with van der Waals surface area (Å²) in [5.41, 5.74) is 1.87. The lowest BCUT2D eigenvalue weighted by Gasteiger charge is -2.26. The number of alkyl halides is 6. The van der Waals surface area contributed by atoms with Gasteiger partial charge in [-0.05, 0) is 25.3 Å². The Hall–Kier alpha value is -3.90. The first-order valence-corrected chi connectivity index (χ1v) is 12.3. The molecule has 2 aromatic rings. The molecule has 2 aromatic carbocycles. The van der Waals surface area contributed by atoms with Crippen molar-refractivity contribution in [1.29, 1.82) is 0 Å². The number of para-hydroxylation sites is 1. The normalized spacial score (nSPS) is 17.4. The number of amides is 2. The van der Waals surface area contributed by atoms with Gasteiger partial charge in [-0.1, -0.05) is 48.5 Å². The van der Waals surface area contributed by atoms with Crippen LogP contribution in [0.4, 0.5) is 32.0 Å². The van der Waals surface area contributed by atoms with E-state index >= 15 is 0 Å². The molecule has 3 atom stereocenters. The Labute approximate surface area is 225 Å². The number of anilines is 1. The number of halogens is 6. The number of likely N-dealkylation sites (N-methyl/N-ethyl adjacent to an activating group) is 1. The third-order valence-electron chi connectivity index (χ3n) is 6.52. The molecule has 0 radical (unpaired) electrons. The van der Waals surface area contributed by atoms with Gasteiger partial charge in [0.05, 0.1) is 23.2 Å². The van der Waals surface area contributed by atoms with Crippen LogP contribution in [0.2, 0.25) is 0 Å². The van der Waals surface area contributed by atoms with E-state index in [1.807, 2.05) is 0 Å². The Morgan fingerprint density at radius 3 is 2.12 bits per heavy atom. The van der Waals surface area contributed by atoms with Gasteiger partial charge in [-0.2, -0.15) is 26.3 Å². The van der Waals surface area contributed by atoms with E-state index in [9.17, 15) is 45.8 Å². The van der Waals surface area contributed by atoms with Crippen LogP contribution in [-0.2, 0) is 14.4 Å². The number of fused-ring (bicyclic) bond motifs is 1. The van der Waals surface area contributed by atoms with E-state index in [2.05, 4.69) is 10.3 Å². The fraction of sp³-hybridized carbons (Fsp3) is 0.407. The summed E-state index contributed by atoms with van der Waals surface area (Å²) in [6.07, 6.45) is -16.3. The molecule has 0 saturated carbocycles. The number of aliphatic imine (C=N–C) groups is 1. The minimum atomic E-state index is -4.75. The average molecular weight is 572 g/mol. The van der Waals surface area contributed by atoms with E-state index in [0.717, 1.165) is 0 Å². The summed E-state index contributed by atoms with van der Waals surface area (Å²) in [7, 11) is 1.42. The molecule has 0 spiro atoms. The van der Waals surface area contributed by atoms with Crippen LogP contribution in [-0.4, -0.2) is 54.2 Å². The molecule has 1 aliphatic heterocycles. The van der Waals surface area contributed by atoms with Crippen molar-refractivity contribution in [1.82, 2.24) is 5.32 Å². The van der Waals surface area contributed by atoms with Crippen molar-refractivity contribution in [2.24, 2.45) is 16.8 Å². The summed E-state index contributed by atoms with van der Waals surface area (Å²) < 4.78 is 77.0. The lowest BCUT2D eigenvalue weighted by molar-refractivity contribution is -0.155. The Balaban J connectivity index is 1.98. The molecule has 3 unspecified atom stereocenters. The number of carboxylic acids is 1. The Bertz CT molecular complexity index is 1250. The van der Waals surface area contributed by atoms with Gasteiger partial charge in [-0.3, -0.25) is 14.4 Å². The number of hydrogen-bond donors (Lipinski definition) is 2. The maximum Gasteiger partial charge on any atom is 0.389 e. The molecule has 0 aromatic heterocycles. The number of nitrogens with zero attached hydrogens (tertiary/aromatic N) is 2. The molecular weight excluding hydrogens is 544 g/mol. The third-order valence-corrected chi connectivity index (χ3v) is 6.52. The molecule has 13 heteroatoms. The molecule has 1 aliphatic rings. The van der Waals surface area contributed by atoms with Gasteiger partial charge in [0, 0.05) is 31.0 Å². The fourth-order valence-corrected chi connectivity index (χ4v) is 4.54. The highest BCUT2D eigenvalue weighted by molar-refractivity contribution is 6.20. The number of carbonyl (C=O) groups is 3. The molecule has 0 fully saturated rings. The molecule has 2 N–H and O–H groups in total. The summed E-state index contributed by atoms with van der Waals surface area (Å²) in [5, 5.41) is 11.9. The summed E-state index contributed by atoms with van der Waals surface area (Å²) >= 11 is 0. The molecule has 1 heterocycles. The lowest BCUT2D eigenvalue weighted by Crippen LogP contribution is -2.49. The van der Waals surface area contributed by atoms with Crippen molar-refractivity contribution >= 4 is 29.2 Å². The van der Waals surface area contributed by atoms with E-state index in [1.54, 1.807) is 54.6 Å². The Morgan fingerprint density at radius 2 is 1.52 bits per heavy atom. The third kappa shape index (κ3) is 8.06. The Morgan fingerprint density at radius 1 is 0.925 bits per heavy atom. The monoisotopic (exact) mass is 571 g/mol. The van der Waals surface area contributed by atoms with Gasteiger partial charge in [0.25, 0.3) is 5.91 Å². The predicted molar refractivity (Wildman–Crippen MR) is 134 cm³/mol. The first-order valence-electron chi connectivity index (χ1n) is 12.3. The maximum atomic E-state index is 13.3. The first-order chi connectivity index (χ1) is 18.7. The van der Waals surface area contributed by atoms with Crippen molar-refractivity contribution in [3.8, 4) is 0 Å². The summed E-state index contributed by atoms with van der Waals surface area (Å²) in [5.74, 6) is -7.39. The van der Waals surface area contributed by atoms with Crippen LogP contribution in [0.1, 0.15) is 43.2 Å². The average Bonchev–Trinajstić information content (AvgIpc) is 2.97. The predicted octanol–water partition coefficient (Wildman–Crippen LogP) is 5.33. The lowest BCUT2D eigenvalue weighted by atomic mass is 9.83. The highest BCUT2D eigenvalue weighted by atomic mass is 19.4. The van der Waals surface area contributed by atoms with Crippen LogP contribution >= 0.6 is 0 Å². The van der Waals surface area contributed by atoms with Gasteiger partial charge in [-0.25, -0.2) is 4.99 Å². The number of benzodiazepines with no additional fused rings is 1. The second-order valence-electron chi connectivity index (χ2n) is 9.38. The van der Waals surface area contributed by atoms with E-state index in [4.69, 9.17) is 0 Å². The van der Waals surface area contributed by atoms with Crippen LogP contribution in [0, 0.1) is 11.8 Å². The number of aliphatic carboxylic acids is 1. The van der Waals surface area contributed by atoms with E-state index in [1.165, 1.54) is 11.9 Å². The molecule has 0 bridgehead atoms. The number of hydrogen-bond acceptors (Lipinski definition) is 4. The zero-order valence-corrected chi connectivity index (χ0v) is 21.3. The largest absolute Gasteiger partial charge is 0.481 e. The summed E-state index contributed by atoms with van der Waals surface area (Å²) in [6.45, 7) is 0. The minimum absolute atomic E-state index is 0.305. The standard InChI is InChI=1S/C27H27F6N3O4/c1-36-20-12-6-5-10-19(20)21(16-8-3-2-4-9-16)34-22(24(36)38)35-23(37)17(11-7-14-26(28,29)30)18(25(39)40)13-15-27(31,32)33/h2-6,8-10,12,17-18,22H,7,11,13-15H2,1H3,(H,35,37)(H,39,40). The number of nitrogens with one attached hydrogen (secondary N) is 1. The minimum Gasteiger partial charge on any atom is -0.481 e. The number of carbonyl (C=O) groups excluding carboxylic acids is 2. The van der Waals surface area contributed by atoms with E-state index in [-0.39, 0.29) is 0 Å². The van der Waals surface area contributed by atoms with Gasteiger partial charge >= 0.3 is 18.3 Å². The van der Waals surface area contributed by atoms with Crippen LogP contribution in [0.25, 0.3) is 0 Å². The quantitative estimate of drug-likeness (QED) is 0.377. The van der Waals surface area contributed by atoms with Gasteiger partial charge < -0.3 is 15.3 Å². The molecule has 40 heavy (non-hydrogen) atoms. The number of benzene rings is 2. The van der Waals surface area contributed by atoms with Crippen molar-refractivity contribution in [3.05, 3.63) is 65.7 Å². The van der Waals surface area contributed by atoms with Crippen LogP contribution < -0.4 is 10.2 Å². The zero-order valence-electron chi connectivity index (χ0n) is 21.3. The van der Waals surface area contributed by atoms with Gasteiger partial charge in [-0.15, -0.1) is 0 Å². The molecule has 216 valence electrons.